The van der Waals surface area contributed by atoms with Gasteiger partial charge in [-0.15, -0.1) is 10.2 Å². The summed E-state index contributed by atoms with van der Waals surface area (Å²) in [6.45, 7) is 2.03. The summed E-state index contributed by atoms with van der Waals surface area (Å²) in [6.07, 6.45) is 1.69. The second-order valence-corrected chi connectivity index (χ2v) is 4.48. The van der Waals surface area contributed by atoms with Gasteiger partial charge in [-0.05, 0) is 12.8 Å². The number of aromatic nitrogens is 2. The third-order valence-corrected chi connectivity index (χ3v) is 2.98. The van der Waals surface area contributed by atoms with Crippen LogP contribution in [0.4, 0.5) is 5.13 Å². The van der Waals surface area contributed by atoms with Crippen LogP contribution in [0.15, 0.2) is 0 Å². The third kappa shape index (κ3) is 4.35. The minimum atomic E-state index is -0.944. The van der Waals surface area contributed by atoms with Crippen LogP contribution >= 0.6 is 11.3 Å². The number of nitrogens with two attached hydrogens (primary N) is 1. The molecule has 1 fully saturated rings. The van der Waals surface area contributed by atoms with E-state index in [-0.39, 0.29) is 5.91 Å². The second kappa shape index (κ2) is 6.14. The topological polar surface area (TPSA) is 118 Å². The maximum atomic E-state index is 10.4. The van der Waals surface area contributed by atoms with Crippen LogP contribution in [0.3, 0.4) is 0 Å². The summed E-state index contributed by atoms with van der Waals surface area (Å²) in [7, 11) is 0. The standard InChI is InChI=1S/C5H7NO3.C4H7N3S/c7-4-2-1-3(6-4)5(8)9;1-2-3-6-7-4(5)8-3/h3H,1-2H2,(H,6,7)(H,8,9);2H2,1H3,(H2,5,7). The summed E-state index contributed by atoms with van der Waals surface area (Å²) in [6, 6.07) is -0.641. The SMILES string of the molecule is CCc1nnc(N)s1.O=C1CCC(C(=O)O)N1. The van der Waals surface area contributed by atoms with E-state index < -0.39 is 12.0 Å². The normalized spacial score (nSPS) is 18.2. The van der Waals surface area contributed by atoms with Gasteiger partial charge in [0.15, 0.2) is 0 Å². The Labute approximate surface area is 102 Å². The predicted octanol–water partition coefficient (Wildman–Crippen LogP) is 0.0323. The lowest BCUT2D eigenvalue weighted by Gasteiger charge is -1.99. The van der Waals surface area contributed by atoms with Crippen molar-refractivity contribution in [3.63, 3.8) is 0 Å². The van der Waals surface area contributed by atoms with Gasteiger partial charge in [-0.25, -0.2) is 4.79 Å². The average molecular weight is 258 g/mol. The highest BCUT2D eigenvalue weighted by Crippen LogP contribution is 2.10. The van der Waals surface area contributed by atoms with Crippen LogP contribution in [0.5, 0.6) is 0 Å². The lowest BCUT2D eigenvalue weighted by Crippen LogP contribution is -2.32. The number of carbonyl (C=O) groups excluding carboxylic acids is 1. The Morgan fingerprint density at radius 2 is 2.35 bits per heavy atom. The zero-order valence-corrected chi connectivity index (χ0v) is 10.2. The minimum absolute atomic E-state index is 0.164. The van der Waals surface area contributed by atoms with E-state index in [1.54, 1.807) is 0 Å². The highest BCUT2D eigenvalue weighted by molar-refractivity contribution is 7.15. The van der Waals surface area contributed by atoms with Crippen molar-refractivity contribution in [2.45, 2.75) is 32.2 Å². The second-order valence-electron chi connectivity index (χ2n) is 3.38. The van der Waals surface area contributed by atoms with Crippen molar-refractivity contribution >= 4 is 28.3 Å². The number of anilines is 1. The van der Waals surface area contributed by atoms with Gasteiger partial charge in [0.25, 0.3) is 0 Å². The average Bonchev–Trinajstić information content (AvgIpc) is 2.88. The molecule has 0 spiro atoms. The fourth-order valence-electron chi connectivity index (χ4n) is 1.21. The van der Waals surface area contributed by atoms with Crippen LogP contribution in [0.1, 0.15) is 24.8 Å². The molecule has 1 amide bonds. The number of carboxylic acid groups (broad SMARTS) is 1. The fourth-order valence-corrected chi connectivity index (χ4v) is 1.76. The van der Waals surface area contributed by atoms with Crippen LogP contribution in [0, 0.1) is 0 Å². The van der Waals surface area contributed by atoms with E-state index in [9.17, 15) is 9.59 Å². The molecule has 2 heterocycles. The maximum Gasteiger partial charge on any atom is 0.326 e. The number of nitrogens with zero attached hydrogens (tertiary/aromatic N) is 2. The number of amides is 1. The molecule has 17 heavy (non-hydrogen) atoms. The zero-order chi connectivity index (χ0) is 12.8. The molecule has 1 aromatic rings. The first kappa shape index (κ1) is 13.4. The molecule has 0 saturated carbocycles. The quantitative estimate of drug-likeness (QED) is 0.688. The Hall–Kier alpha value is -1.70. The molecule has 1 unspecified atom stereocenters. The van der Waals surface area contributed by atoms with Crippen molar-refractivity contribution in [3.05, 3.63) is 5.01 Å². The van der Waals surface area contributed by atoms with Crippen molar-refractivity contribution in [2.24, 2.45) is 0 Å². The van der Waals surface area contributed by atoms with Crippen LogP contribution in [0.25, 0.3) is 0 Å². The number of nitrogens with one attached hydrogen (secondary N) is 1. The number of nitrogen functional groups attached to an aromatic ring is 1. The molecule has 0 bridgehead atoms. The summed E-state index contributed by atoms with van der Waals surface area (Å²) < 4.78 is 0. The lowest BCUT2D eigenvalue weighted by atomic mass is 10.2. The molecule has 1 saturated heterocycles. The van der Waals surface area contributed by atoms with Crippen LogP contribution in [0.2, 0.25) is 0 Å². The number of hydrogen-bond acceptors (Lipinski definition) is 6. The van der Waals surface area contributed by atoms with Gasteiger partial charge in [0.05, 0.1) is 0 Å². The Kier molecular flexibility index (Phi) is 4.83. The Morgan fingerprint density at radius 1 is 1.65 bits per heavy atom. The molecule has 1 aliphatic heterocycles. The fraction of sp³-hybridized carbons (Fsp3) is 0.556. The van der Waals surface area contributed by atoms with E-state index in [0.29, 0.717) is 18.0 Å². The Morgan fingerprint density at radius 3 is 2.59 bits per heavy atom. The van der Waals surface area contributed by atoms with Crippen molar-refractivity contribution in [1.82, 2.24) is 15.5 Å². The van der Waals surface area contributed by atoms with Gasteiger partial charge >= 0.3 is 5.97 Å². The Bertz CT molecular complexity index is 407. The smallest absolute Gasteiger partial charge is 0.326 e. The van der Waals surface area contributed by atoms with E-state index in [1.165, 1.54) is 11.3 Å². The molecule has 1 aromatic heterocycles. The van der Waals surface area contributed by atoms with Crippen molar-refractivity contribution in [2.75, 3.05) is 5.73 Å². The molecule has 94 valence electrons. The number of carbonyl (C=O) groups is 2. The van der Waals surface area contributed by atoms with Crippen molar-refractivity contribution in [1.29, 1.82) is 0 Å². The number of rotatable bonds is 2. The van der Waals surface area contributed by atoms with Gasteiger partial charge < -0.3 is 16.2 Å². The summed E-state index contributed by atoms with van der Waals surface area (Å²) in [4.78, 5) is 20.5. The van der Waals surface area contributed by atoms with Crippen LogP contribution < -0.4 is 11.1 Å². The predicted molar refractivity (Wildman–Crippen MR) is 62.5 cm³/mol. The minimum Gasteiger partial charge on any atom is -0.480 e. The molecule has 1 atom stereocenters. The first-order valence-corrected chi connectivity index (χ1v) is 5.94. The summed E-state index contributed by atoms with van der Waals surface area (Å²) in [5.74, 6) is -1.11. The highest BCUT2D eigenvalue weighted by atomic mass is 32.1. The monoisotopic (exact) mass is 258 g/mol. The molecule has 4 N–H and O–H groups in total. The van der Waals surface area contributed by atoms with E-state index >= 15 is 0 Å². The Balaban J connectivity index is 0.000000171. The largest absolute Gasteiger partial charge is 0.480 e. The van der Waals surface area contributed by atoms with E-state index in [4.69, 9.17) is 10.8 Å². The number of aliphatic carboxylic acids is 1. The molecule has 1 aliphatic rings. The van der Waals surface area contributed by atoms with E-state index in [0.717, 1.165) is 11.4 Å². The number of hydrogen-bond donors (Lipinski definition) is 3. The number of aryl methyl sites for hydroxylation is 1. The molecule has 8 heteroatoms. The van der Waals surface area contributed by atoms with E-state index in [1.807, 2.05) is 6.92 Å². The first-order valence-electron chi connectivity index (χ1n) is 5.13. The maximum absolute atomic E-state index is 10.4. The van der Waals surface area contributed by atoms with Gasteiger partial charge in [-0.2, -0.15) is 0 Å². The highest BCUT2D eigenvalue weighted by Gasteiger charge is 2.26. The molecule has 0 aliphatic carbocycles. The first-order chi connectivity index (χ1) is 8.02. The van der Waals surface area contributed by atoms with Gasteiger partial charge in [0, 0.05) is 6.42 Å². The molecule has 2 rings (SSSR count). The third-order valence-electron chi connectivity index (χ3n) is 2.08. The lowest BCUT2D eigenvalue weighted by molar-refractivity contribution is -0.140. The summed E-state index contributed by atoms with van der Waals surface area (Å²) >= 11 is 1.44. The van der Waals surface area contributed by atoms with Gasteiger partial charge in [-0.1, -0.05) is 18.3 Å². The van der Waals surface area contributed by atoms with Crippen LogP contribution in [-0.2, 0) is 16.0 Å². The number of carboxylic acids is 1. The van der Waals surface area contributed by atoms with Crippen molar-refractivity contribution in [3.8, 4) is 0 Å². The summed E-state index contributed by atoms with van der Waals surface area (Å²) in [5, 5.41) is 19.6. The van der Waals surface area contributed by atoms with E-state index in [2.05, 4.69) is 15.5 Å². The van der Waals surface area contributed by atoms with Gasteiger partial charge in [0.1, 0.15) is 11.0 Å². The molecule has 7 nitrogen and oxygen atoms in total. The molecule has 0 aromatic carbocycles. The van der Waals surface area contributed by atoms with Gasteiger partial charge in [0.2, 0.25) is 11.0 Å². The molecule has 0 radical (unpaired) electrons. The van der Waals surface area contributed by atoms with Crippen molar-refractivity contribution < 1.29 is 14.7 Å². The molecular formula is C9H14N4O3S. The van der Waals surface area contributed by atoms with Crippen LogP contribution in [-0.4, -0.2) is 33.2 Å². The molecular weight excluding hydrogens is 244 g/mol. The zero-order valence-electron chi connectivity index (χ0n) is 9.34. The van der Waals surface area contributed by atoms with Gasteiger partial charge in [-0.3, -0.25) is 4.79 Å². The summed E-state index contributed by atoms with van der Waals surface area (Å²) in [5.41, 5.74) is 5.30.